The van der Waals surface area contributed by atoms with E-state index < -0.39 is 5.54 Å². The predicted octanol–water partition coefficient (Wildman–Crippen LogP) is 2.19. The molecule has 0 radical (unpaired) electrons. The molecule has 0 bridgehead atoms. The van der Waals surface area contributed by atoms with Gasteiger partial charge in [0.25, 0.3) is 5.91 Å². The second-order valence-corrected chi connectivity index (χ2v) is 8.66. The van der Waals surface area contributed by atoms with Crippen molar-refractivity contribution in [3.8, 4) is 11.1 Å². The van der Waals surface area contributed by atoms with E-state index in [4.69, 9.17) is 11.5 Å². The maximum Gasteiger partial charge on any atom is 0.253 e. The molecule has 2 aromatic rings. The smallest absolute Gasteiger partial charge is 0.253 e. The minimum Gasteiger partial charge on any atom is -0.388 e. The largest absolute Gasteiger partial charge is 0.388 e. The SMILES string of the molecule is CNc1ccc(-c2ccc(C(=O)N3CCN(C(=O)C4(N)CC4)CC3)cc2)cc1C(C)N. The summed E-state index contributed by atoms with van der Waals surface area (Å²) in [5.74, 6) is 0.0220. The lowest BCUT2D eigenvalue weighted by Gasteiger charge is -2.36. The first-order valence-electron chi connectivity index (χ1n) is 10.9. The van der Waals surface area contributed by atoms with E-state index in [1.54, 1.807) is 4.90 Å². The van der Waals surface area contributed by atoms with Crippen molar-refractivity contribution in [3.05, 3.63) is 53.6 Å². The van der Waals surface area contributed by atoms with E-state index in [1.165, 1.54) is 0 Å². The molecule has 31 heavy (non-hydrogen) atoms. The van der Waals surface area contributed by atoms with Gasteiger partial charge in [0.15, 0.2) is 0 Å². The summed E-state index contributed by atoms with van der Waals surface area (Å²) in [5.41, 5.74) is 16.3. The molecule has 7 heteroatoms. The van der Waals surface area contributed by atoms with E-state index >= 15 is 0 Å². The van der Waals surface area contributed by atoms with Gasteiger partial charge >= 0.3 is 0 Å². The van der Waals surface area contributed by atoms with Gasteiger partial charge in [-0.05, 0) is 60.7 Å². The van der Waals surface area contributed by atoms with Gasteiger partial charge in [-0.15, -0.1) is 0 Å². The third kappa shape index (κ3) is 4.29. The highest BCUT2D eigenvalue weighted by molar-refractivity contribution is 5.95. The third-order valence-corrected chi connectivity index (χ3v) is 6.35. The van der Waals surface area contributed by atoms with Crippen LogP contribution in [0.3, 0.4) is 0 Å². The molecule has 1 saturated heterocycles. The molecule has 1 heterocycles. The summed E-state index contributed by atoms with van der Waals surface area (Å²) in [6.45, 7) is 4.11. The van der Waals surface area contributed by atoms with Crippen LogP contribution in [-0.4, -0.2) is 60.4 Å². The zero-order chi connectivity index (χ0) is 22.2. The summed E-state index contributed by atoms with van der Waals surface area (Å²) in [7, 11) is 1.89. The molecule has 0 aromatic heterocycles. The Balaban J connectivity index is 1.42. The number of carbonyl (C=O) groups is 2. The first-order valence-corrected chi connectivity index (χ1v) is 10.9. The van der Waals surface area contributed by atoms with Crippen LogP contribution in [-0.2, 0) is 4.79 Å². The van der Waals surface area contributed by atoms with Crippen LogP contribution in [0, 0.1) is 0 Å². The highest BCUT2D eigenvalue weighted by atomic mass is 16.2. The number of nitrogens with zero attached hydrogens (tertiary/aromatic N) is 2. The lowest BCUT2D eigenvalue weighted by atomic mass is 9.98. The molecule has 0 spiro atoms. The lowest BCUT2D eigenvalue weighted by molar-refractivity contribution is -0.135. The molecule has 1 aliphatic heterocycles. The number of anilines is 1. The second-order valence-electron chi connectivity index (χ2n) is 8.66. The molecule has 1 unspecified atom stereocenters. The Morgan fingerprint density at radius 1 is 0.968 bits per heavy atom. The van der Waals surface area contributed by atoms with Crippen molar-refractivity contribution in [2.45, 2.75) is 31.3 Å². The van der Waals surface area contributed by atoms with Gasteiger partial charge in [-0.3, -0.25) is 9.59 Å². The van der Waals surface area contributed by atoms with Crippen molar-refractivity contribution in [2.24, 2.45) is 11.5 Å². The van der Waals surface area contributed by atoms with Crippen LogP contribution in [0.25, 0.3) is 11.1 Å². The van der Waals surface area contributed by atoms with Gasteiger partial charge in [0.2, 0.25) is 5.91 Å². The average molecular weight is 422 g/mol. The minimum atomic E-state index is -0.644. The zero-order valence-corrected chi connectivity index (χ0v) is 18.2. The van der Waals surface area contributed by atoms with Gasteiger partial charge in [0.1, 0.15) is 0 Å². The third-order valence-electron chi connectivity index (χ3n) is 6.35. The predicted molar refractivity (Wildman–Crippen MR) is 123 cm³/mol. The number of amides is 2. The fourth-order valence-corrected chi connectivity index (χ4v) is 4.11. The molecule has 164 valence electrons. The summed E-state index contributed by atoms with van der Waals surface area (Å²) >= 11 is 0. The molecule has 1 aliphatic carbocycles. The highest BCUT2D eigenvalue weighted by Crippen LogP contribution is 2.34. The number of nitrogens with two attached hydrogens (primary N) is 2. The maximum absolute atomic E-state index is 12.9. The monoisotopic (exact) mass is 421 g/mol. The van der Waals surface area contributed by atoms with Gasteiger partial charge in [0.05, 0.1) is 5.54 Å². The molecule has 2 fully saturated rings. The summed E-state index contributed by atoms with van der Waals surface area (Å²) in [4.78, 5) is 28.9. The lowest BCUT2D eigenvalue weighted by Crippen LogP contribution is -2.55. The average Bonchev–Trinajstić information content (AvgIpc) is 3.56. The van der Waals surface area contributed by atoms with E-state index in [1.807, 2.05) is 49.2 Å². The number of carbonyl (C=O) groups excluding carboxylic acids is 2. The number of hydrogen-bond acceptors (Lipinski definition) is 5. The number of rotatable bonds is 5. The van der Waals surface area contributed by atoms with E-state index in [0.717, 1.165) is 35.2 Å². The molecule has 4 rings (SSSR count). The second kappa shape index (κ2) is 8.32. The topological polar surface area (TPSA) is 105 Å². The van der Waals surface area contributed by atoms with Gasteiger partial charge in [-0.2, -0.15) is 0 Å². The number of benzene rings is 2. The fraction of sp³-hybridized carbons (Fsp3) is 0.417. The number of nitrogens with one attached hydrogen (secondary N) is 1. The molecule has 2 aliphatic rings. The molecule has 2 aromatic carbocycles. The van der Waals surface area contributed by atoms with Crippen molar-refractivity contribution in [2.75, 3.05) is 38.5 Å². The molecular formula is C24H31N5O2. The van der Waals surface area contributed by atoms with Gasteiger partial charge in [-0.1, -0.05) is 18.2 Å². The van der Waals surface area contributed by atoms with Crippen LogP contribution in [0.2, 0.25) is 0 Å². The first kappa shape index (κ1) is 21.3. The Hall–Kier alpha value is -2.90. The van der Waals surface area contributed by atoms with E-state index in [0.29, 0.717) is 31.7 Å². The Morgan fingerprint density at radius 2 is 1.55 bits per heavy atom. The van der Waals surface area contributed by atoms with Crippen LogP contribution >= 0.6 is 0 Å². The quantitative estimate of drug-likeness (QED) is 0.686. The van der Waals surface area contributed by atoms with Crippen molar-refractivity contribution >= 4 is 17.5 Å². The van der Waals surface area contributed by atoms with Crippen molar-refractivity contribution in [3.63, 3.8) is 0 Å². The zero-order valence-electron chi connectivity index (χ0n) is 18.2. The van der Waals surface area contributed by atoms with Gasteiger partial charge in [0, 0.05) is 50.5 Å². The maximum atomic E-state index is 12.9. The summed E-state index contributed by atoms with van der Waals surface area (Å²) in [5, 5.41) is 3.18. The molecule has 1 atom stereocenters. The van der Waals surface area contributed by atoms with Crippen LogP contribution in [0.15, 0.2) is 42.5 Å². The first-order chi connectivity index (χ1) is 14.8. The van der Waals surface area contributed by atoms with Crippen LogP contribution in [0.1, 0.15) is 41.7 Å². The molecule has 7 nitrogen and oxygen atoms in total. The Bertz CT molecular complexity index is 974. The molecule has 5 N–H and O–H groups in total. The van der Waals surface area contributed by atoms with Crippen LogP contribution in [0.5, 0.6) is 0 Å². The summed E-state index contributed by atoms with van der Waals surface area (Å²) in [6.07, 6.45) is 1.53. The highest BCUT2D eigenvalue weighted by Gasteiger charge is 2.48. The van der Waals surface area contributed by atoms with E-state index in [2.05, 4.69) is 17.4 Å². The normalized spacial score (nSPS) is 18.5. The molecule has 1 saturated carbocycles. The van der Waals surface area contributed by atoms with Crippen molar-refractivity contribution in [1.29, 1.82) is 0 Å². The molecule has 2 amide bonds. The van der Waals surface area contributed by atoms with Crippen LogP contribution < -0.4 is 16.8 Å². The van der Waals surface area contributed by atoms with Crippen LogP contribution in [0.4, 0.5) is 5.69 Å². The minimum absolute atomic E-state index is 0.00525. The summed E-state index contributed by atoms with van der Waals surface area (Å²) in [6, 6.07) is 13.8. The van der Waals surface area contributed by atoms with Crippen molar-refractivity contribution < 1.29 is 9.59 Å². The molecular weight excluding hydrogens is 390 g/mol. The van der Waals surface area contributed by atoms with E-state index in [9.17, 15) is 9.59 Å². The Morgan fingerprint density at radius 3 is 2.10 bits per heavy atom. The Labute approximate surface area is 183 Å². The number of hydrogen-bond donors (Lipinski definition) is 3. The van der Waals surface area contributed by atoms with E-state index in [-0.39, 0.29) is 17.9 Å². The van der Waals surface area contributed by atoms with Gasteiger partial charge in [-0.25, -0.2) is 0 Å². The van der Waals surface area contributed by atoms with Crippen molar-refractivity contribution in [1.82, 2.24) is 9.80 Å². The standard InChI is InChI=1S/C24H31N5O2/c1-16(25)20-15-19(7-8-21(20)27-2)17-3-5-18(6-4-17)22(30)28-11-13-29(14-12-28)23(31)24(26)9-10-24/h3-8,15-16,27H,9-14,25-26H2,1-2H3. The fourth-order valence-electron chi connectivity index (χ4n) is 4.11. The number of piperazine rings is 1. The van der Waals surface area contributed by atoms with Gasteiger partial charge < -0.3 is 26.6 Å². The summed E-state index contributed by atoms with van der Waals surface area (Å²) < 4.78 is 0. The Kier molecular flexibility index (Phi) is 5.73.